The Balaban J connectivity index is 2.18. The summed E-state index contributed by atoms with van der Waals surface area (Å²) >= 11 is 0. The van der Waals surface area contributed by atoms with Gasteiger partial charge >= 0.3 is 0 Å². The van der Waals surface area contributed by atoms with Crippen LogP contribution in [0, 0.1) is 0 Å². The van der Waals surface area contributed by atoms with Gasteiger partial charge in [0.05, 0.1) is 5.52 Å². The lowest BCUT2D eigenvalue weighted by atomic mass is 9.85. The minimum atomic E-state index is 0.502. The van der Waals surface area contributed by atoms with Crippen molar-refractivity contribution in [3.63, 3.8) is 0 Å². The first-order chi connectivity index (χ1) is 7.34. The van der Waals surface area contributed by atoms with Crippen LogP contribution in [0.5, 0.6) is 0 Å². The number of nitrogens with two attached hydrogens (primary N) is 1. The molecule has 0 bridgehead atoms. The molecule has 0 radical (unpaired) electrons. The van der Waals surface area contributed by atoms with Crippen molar-refractivity contribution in [3.8, 4) is 0 Å². The zero-order valence-electron chi connectivity index (χ0n) is 8.35. The van der Waals surface area contributed by atoms with E-state index >= 15 is 0 Å². The Morgan fingerprint density at radius 1 is 1.27 bits per heavy atom. The van der Waals surface area contributed by atoms with Crippen LogP contribution in [0.3, 0.4) is 0 Å². The maximum atomic E-state index is 5.86. The van der Waals surface area contributed by atoms with Crippen molar-refractivity contribution in [2.45, 2.75) is 25.2 Å². The molecule has 0 saturated heterocycles. The lowest BCUT2D eigenvalue weighted by Crippen LogP contribution is -2.14. The number of hydrogen-bond donors (Lipinski definition) is 1. The smallest absolute Gasteiger partial charge is 0.153 e. The fourth-order valence-electron chi connectivity index (χ4n) is 1.86. The summed E-state index contributed by atoms with van der Waals surface area (Å²) in [7, 11) is 0. The summed E-state index contributed by atoms with van der Waals surface area (Å²) in [5.74, 6) is 1.90. The average molecular weight is 200 g/mol. The van der Waals surface area contributed by atoms with Crippen molar-refractivity contribution >= 4 is 16.9 Å². The molecule has 4 nitrogen and oxygen atoms in total. The van der Waals surface area contributed by atoms with Crippen LogP contribution in [0.4, 0.5) is 5.82 Å². The van der Waals surface area contributed by atoms with Crippen molar-refractivity contribution in [1.29, 1.82) is 0 Å². The van der Waals surface area contributed by atoms with Gasteiger partial charge in [-0.3, -0.25) is 4.98 Å². The summed E-state index contributed by atoms with van der Waals surface area (Å²) in [4.78, 5) is 13.0. The Morgan fingerprint density at radius 2 is 2.13 bits per heavy atom. The molecule has 0 unspecified atom stereocenters. The van der Waals surface area contributed by atoms with Crippen LogP contribution >= 0.6 is 0 Å². The third kappa shape index (κ3) is 1.33. The van der Waals surface area contributed by atoms with Gasteiger partial charge in [0.25, 0.3) is 0 Å². The van der Waals surface area contributed by atoms with E-state index in [0.717, 1.165) is 11.3 Å². The Hall–Kier alpha value is -1.71. The highest BCUT2D eigenvalue weighted by molar-refractivity contribution is 5.83. The highest BCUT2D eigenvalue weighted by Gasteiger charge is 2.23. The molecule has 3 rings (SSSR count). The number of hydrogen-bond acceptors (Lipinski definition) is 4. The quantitative estimate of drug-likeness (QED) is 0.763. The van der Waals surface area contributed by atoms with Crippen LogP contribution in [0.25, 0.3) is 11.0 Å². The Kier molecular flexibility index (Phi) is 1.80. The highest BCUT2D eigenvalue weighted by Crippen LogP contribution is 2.35. The second-order valence-electron chi connectivity index (χ2n) is 3.97. The molecule has 0 atom stereocenters. The lowest BCUT2D eigenvalue weighted by molar-refractivity contribution is 0.403. The first-order valence-corrected chi connectivity index (χ1v) is 5.23. The van der Waals surface area contributed by atoms with E-state index in [1.807, 2.05) is 12.1 Å². The van der Waals surface area contributed by atoms with Gasteiger partial charge in [0.15, 0.2) is 5.82 Å². The molecule has 0 aliphatic heterocycles. The fourth-order valence-corrected chi connectivity index (χ4v) is 1.86. The minimum Gasteiger partial charge on any atom is -0.382 e. The molecule has 4 heteroatoms. The van der Waals surface area contributed by atoms with Crippen molar-refractivity contribution < 1.29 is 0 Å². The van der Waals surface area contributed by atoms with Crippen LogP contribution in [-0.4, -0.2) is 15.0 Å². The zero-order valence-corrected chi connectivity index (χ0v) is 8.35. The van der Waals surface area contributed by atoms with Gasteiger partial charge in [0.1, 0.15) is 11.3 Å². The zero-order chi connectivity index (χ0) is 10.3. The molecule has 2 heterocycles. The molecule has 0 amide bonds. The summed E-state index contributed by atoms with van der Waals surface area (Å²) < 4.78 is 0. The van der Waals surface area contributed by atoms with Crippen LogP contribution in [0.1, 0.15) is 31.0 Å². The topological polar surface area (TPSA) is 64.7 Å². The van der Waals surface area contributed by atoms with E-state index in [-0.39, 0.29) is 0 Å². The van der Waals surface area contributed by atoms with Crippen LogP contribution < -0.4 is 5.73 Å². The number of rotatable bonds is 1. The molecule has 2 aromatic heterocycles. The number of aromatic nitrogens is 3. The molecular formula is C11H12N4. The summed E-state index contributed by atoms with van der Waals surface area (Å²) in [5, 5.41) is 0. The molecule has 1 aliphatic carbocycles. The molecule has 1 fully saturated rings. The maximum Gasteiger partial charge on any atom is 0.153 e. The third-order valence-corrected chi connectivity index (χ3v) is 2.97. The van der Waals surface area contributed by atoms with Gasteiger partial charge in [-0.1, -0.05) is 6.42 Å². The minimum absolute atomic E-state index is 0.502. The lowest BCUT2D eigenvalue weighted by Gasteiger charge is -2.23. The molecule has 2 aromatic rings. The summed E-state index contributed by atoms with van der Waals surface area (Å²) in [6, 6.07) is 3.81. The molecule has 1 aliphatic rings. The number of nitrogen functional groups attached to an aromatic ring is 1. The standard InChI is InChI=1S/C11H12N4/c12-10-9-8(5-2-6-13-9)14-11(15-10)7-3-1-4-7/h2,5-7H,1,3-4H2,(H2,12,14,15). The third-order valence-electron chi connectivity index (χ3n) is 2.97. The molecule has 0 aromatic carbocycles. The van der Waals surface area contributed by atoms with Gasteiger partial charge in [-0.25, -0.2) is 9.97 Å². The van der Waals surface area contributed by atoms with Gasteiger partial charge in [-0.15, -0.1) is 0 Å². The number of pyridine rings is 1. The highest BCUT2D eigenvalue weighted by atomic mass is 15.0. The molecule has 2 N–H and O–H groups in total. The summed E-state index contributed by atoms with van der Waals surface area (Å²) in [6.45, 7) is 0. The van der Waals surface area contributed by atoms with Crippen LogP contribution in [-0.2, 0) is 0 Å². The fraction of sp³-hybridized carbons (Fsp3) is 0.364. The van der Waals surface area contributed by atoms with Gasteiger partial charge in [-0.05, 0) is 25.0 Å². The van der Waals surface area contributed by atoms with E-state index in [2.05, 4.69) is 15.0 Å². The maximum absolute atomic E-state index is 5.86. The predicted molar refractivity (Wildman–Crippen MR) is 58.3 cm³/mol. The average Bonchev–Trinajstić information content (AvgIpc) is 2.15. The molecular weight excluding hydrogens is 188 g/mol. The van der Waals surface area contributed by atoms with E-state index in [9.17, 15) is 0 Å². The van der Waals surface area contributed by atoms with Crippen LogP contribution in [0.2, 0.25) is 0 Å². The van der Waals surface area contributed by atoms with E-state index in [0.29, 0.717) is 17.3 Å². The molecule has 76 valence electrons. The van der Waals surface area contributed by atoms with Crippen LogP contribution in [0.15, 0.2) is 18.3 Å². The first-order valence-electron chi connectivity index (χ1n) is 5.23. The van der Waals surface area contributed by atoms with Gasteiger partial charge < -0.3 is 5.73 Å². The summed E-state index contributed by atoms with van der Waals surface area (Å²) in [5.41, 5.74) is 7.42. The molecule has 1 saturated carbocycles. The first kappa shape index (κ1) is 8.59. The van der Waals surface area contributed by atoms with E-state index in [1.54, 1.807) is 6.20 Å². The number of fused-ring (bicyclic) bond motifs is 1. The molecule has 15 heavy (non-hydrogen) atoms. The Morgan fingerprint density at radius 3 is 2.87 bits per heavy atom. The van der Waals surface area contributed by atoms with Crippen molar-refractivity contribution in [1.82, 2.24) is 15.0 Å². The second kappa shape index (κ2) is 3.15. The number of anilines is 1. The van der Waals surface area contributed by atoms with Crippen molar-refractivity contribution in [3.05, 3.63) is 24.2 Å². The van der Waals surface area contributed by atoms with E-state index in [1.165, 1.54) is 19.3 Å². The number of nitrogens with zero attached hydrogens (tertiary/aromatic N) is 3. The summed E-state index contributed by atoms with van der Waals surface area (Å²) in [6.07, 6.45) is 5.36. The Bertz CT molecular complexity index is 505. The normalized spacial score (nSPS) is 16.5. The van der Waals surface area contributed by atoms with E-state index < -0.39 is 0 Å². The Labute approximate surface area is 87.6 Å². The monoisotopic (exact) mass is 200 g/mol. The van der Waals surface area contributed by atoms with Crippen molar-refractivity contribution in [2.24, 2.45) is 0 Å². The van der Waals surface area contributed by atoms with Gasteiger partial charge in [-0.2, -0.15) is 0 Å². The van der Waals surface area contributed by atoms with E-state index in [4.69, 9.17) is 5.73 Å². The molecule has 0 spiro atoms. The van der Waals surface area contributed by atoms with Crippen molar-refractivity contribution in [2.75, 3.05) is 5.73 Å². The SMILES string of the molecule is Nc1nc(C2CCC2)nc2cccnc12. The van der Waals surface area contributed by atoms with Gasteiger partial charge in [0.2, 0.25) is 0 Å². The van der Waals surface area contributed by atoms with Gasteiger partial charge in [0, 0.05) is 12.1 Å². The second-order valence-corrected chi connectivity index (χ2v) is 3.97. The largest absolute Gasteiger partial charge is 0.382 e. The predicted octanol–water partition coefficient (Wildman–Crippen LogP) is 1.87.